The number of hydrogen-bond acceptors (Lipinski definition) is 4. The Morgan fingerprint density at radius 3 is 3.05 bits per heavy atom. The molecule has 0 bridgehead atoms. The van der Waals surface area contributed by atoms with Crippen molar-refractivity contribution in [2.75, 3.05) is 6.54 Å². The van der Waals surface area contributed by atoms with Gasteiger partial charge in [-0.3, -0.25) is 9.78 Å². The van der Waals surface area contributed by atoms with Crippen LogP contribution in [0.3, 0.4) is 0 Å². The van der Waals surface area contributed by atoms with Crippen molar-refractivity contribution < 1.29 is 14.7 Å². The van der Waals surface area contributed by atoms with Gasteiger partial charge in [-0.15, -0.1) is 0 Å². The van der Waals surface area contributed by atoms with E-state index in [1.807, 2.05) is 0 Å². The smallest absolute Gasteiger partial charge is 0.335 e. The van der Waals surface area contributed by atoms with E-state index in [1.165, 1.54) is 18.3 Å². The summed E-state index contributed by atoms with van der Waals surface area (Å²) in [7, 11) is 0. The number of amides is 1. The summed E-state index contributed by atoms with van der Waals surface area (Å²) in [4.78, 5) is 26.9. The largest absolute Gasteiger partial charge is 0.478 e. The first-order valence-corrected chi connectivity index (χ1v) is 6.86. The van der Waals surface area contributed by atoms with Crippen molar-refractivity contribution in [3.63, 3.8) is 0 Å². The predicted octanol–water partition coefficient (Wildman–Crippen LogP) is 0.928. The number of aromatic carboxylic acids is 1. The van der Waals surface area contributed by atoms with Gasteiger partial charge in [-0.1, -0.05) is 12.8 Å². The van der Waals surface area contributed by atoms with E-state index in [2.05, 4.69) is 15.6 Å². The number of carbonyl (C=O) groups is 2. The van der Waals surface area contributed by atoms with E-state index >= 15 is 0 Å². The summed E-state index contributed by atoms with van der Waals surface area (Å²) in [5.41, 5.74) is 0.726. The van der Waals surface area contributed by atoms with Crippen LogP contribution in [0.5, 0.6) is 0 Å². The number of pyridine rings is 1. The first-order valence-electron chi connectivity index (χ1n) is 6.86. The molecule has 6 heteroatoms. The van der Waals surface area contributed by atoms with Gasteiger partial charge in [0, 0.05) is 6.20 Å². The second-order valence-electron chi connectivity index (χ2n) is 4.91. The third kappa shape index (κ3) is 4.03. The van der Waals surface area contributed by atoms with Gasteiger partial charge in [0.25, 0.3) is 0 Å². The summed E-state index contributed by atoms with van der Waals surface area (Å²) < 4.78 is 0. The maximum atomic E-state index is 12.0. The molecule has 2 heterocycles. The zero-order chi connectivity index (χ0) is 14.4. The molecule has 1 fully saturated rings. The maximum absolute atomic E-state index is 12.0. The second-order valence-corrected chi connectivity index (χ2v) is 4.91. The lowest BCUT2D eigenvalue weighted by Gasteiger charge is -2.15. The molecular weight excluding hydrogens is 258 g/mol. The third-order valence-corrected chi connectivity index (χ3v) is 3.38. The molecule has 0 spiro atoms. The van der Waals surface area contributed by atoms with Gasteiger partial charge in [-0.2, -0.15) is 0 Å². The number of carbonyl (C=O) groups excluding carboxylic acids is 1. The number of nitrogens with zero attached hydrogens (tertiary/aromatic N) is 1. The summed E-state index contributed by atoms with van der Waals surface area (Å²) in [6, 6.07) is 2.75. The average Bonchev–Trinajstić information content (AvgIpc) is 2.74. The normalized spacial score (nSPS) is 19.1. The fraction of sp³-hybridized carbons (Fsp3) is 0.500. The molecule has 1 amide bonds. The summed E-state index contributed by atoms with van der Waals surface area (Å²) in [6.45, 7) is 1.11. The van der Waals surface area contributed by atoms with E-state index in [0.717, 1.165) is 32.2 Å². The van der Waals surface area contributed by atoms with Gasteiger partial charge in [0.05, 0.1) is 23.8 Å². The number of rotatable bonds is 4. The molecule has 1 saturated heterocycles. The average molecular weight is 277 g/mol. The topological polar surface area (TPSA) is 91.3 Å². The van der Waals surface area contributed by atoms with Crippen molar-refractivity contribution in [3.05, 3.63) is 29.6 Å². The van der Waals surface area contributed by atoms with Crippen molar-refractivity contribution in [1.29, 1.82) is 0 Å². The van der Waals surface area contributed by atoms with E-state index in [4.69, 9.17) is 5.11 Å². The van der Waals surface area contributed by atoms with Gasteiger partial charge in [0.2, 0.25) is 5.91 Å². The van der Waals surface area contributed by atoms with Crippen LogP contribution in [-0.4, -0.2) is 34.6 Å². The molecule has 1 aliphatic rings. The summed E-state index contributed by atoms with van der Waals surface area (Å²) >= 11 is 0. The third-order valence-electron chi connectivity index (χ3n) is 3.38. The highest BCUT2D eigenvalue weighted by Crippen LogP contribution is 2.08. The first-order chi connectivity index (χ1) is 9.66. The molecule has 1 aromatic rings. The minimum atomic E-state index is -0.995. The Morgan fingerprint density at radius 1 is 1.40 bits per heavy atom. The molecule has 0 aromatic carbocycles. The molecule has 1 unspecified atom stereocenters. The highest BCUT2D eigenvalue weighted by molar-refractivity contribution is 5.87. The van der Waals surface area contributed by atoms with E-state index < -0.39 is 5.97 Å². The van der Waals surface area contributed by atoms with Crippen molar-refractivity contribution in [2.45, 2.75) is 38.3 Å². The molecule has 0 saturated carbocycles. The minimum absolute atomic E-state index is 0.0468. The number of carboxylic acids is 1. The Balaban J connectivity index is 1.89. The highest BCUT2D eigenvalue weighted by atomic mass is 16.4. The zero-order valence-corrected chi connectivity index (χ0v) is 11.3. The maximum Gasteiger partial charge on any atom is 0.335 e. The van der Waals surface area contributed by atoms with Crippen LogP contribution in [0.2, 0.25) is 0 Å². The van der Waals surface area contributed by atoms with Gasteiger partial charge in [-0.05, 0) is 31.5 Å². The molecule has 0 radical (unpaired) electrons. The second kappa shape index (κ2) is 7.00. The zero-order valence-electron chi connectivity index (χ0n) is 11.3. The van der Waals surface area contributed by atoms with Crippen molar-refractivity contribution in [1.82, 2.24) is 15.6 Å². The van der Waals surface area contributed by atoms with E-state index in [1.54, 1.807) is 0 Å². The predicted molar refractivity (Wildman–Crippen MR) is 73.3 cm³/mol. The molecule has 20 heavy (non-hydrogen) atoms. The molecule has 108 valence electrons. The van der Waals surface area contributed by atoms with Gasteiger partial charge in [-0.25, -0.2) is 4.79 Å². The van der Waals surface area contributed by atoms with E-state index in [0.29, 0.717) is 5.69 Å². The Labute approximate surface area is 117 Å². The number of aromatic nitrogens is 1. The van der Waals surface area contributed by atoms with Crippen LogP contribution in [0.25, 0.3) is 0 Å². The van der Waals surface area contributed by atoms with Crippen LogP contribution >= 0.6 is 0 Å². The standard InChI is InChI=1S/C14H19N3O3/c18-13(12-4-2-1-3-6-16-12)17-9-11-8-10(14(19)20)5-7-15-11/h5,7-8,12,16H,1-4,6,9H2,(H,17,18)(H,19,20). The summed E-state index contributed by atoms with van der Waals surface area (Å²) in [6.07, 6.45) is 5.59. The van der Waals surface area contributed by atoms with Crippen LogP contribution in [-0.2, 0) is 11.3 Å². The molecule has 3 N–H and O–H groups in total. The molecule has 1 aliphatic heterocycles. The Morgan fingerprint density at radius 2 is 2.25 bits per heavy atom. The lowest BCUT2D eigenvalue weighted by Crippen LogP contribution is -2.43. The molecule has 1 aromatic heterocycles. The lowest BCUT2D eigenvalue weighted by molar-refractivity contribution is -0.123. The van der Waals surface area contributed by atoms with Crippen LogP contribution in [0.4, 0.5) is 0 Å². The number of carboxylic acid groups (broad SMARTS) is 1. The fourth-order valence-corrected chi connectivity index (χ4v) is 2.26. The highest BCUT2D eigenvalue weighted by Gasteiger charge is 2.19. The Bertz CT molecular complexity index is 482. The van der Waals surface area contributed by atoms with Crippen LogP contribution in [0.15, 0.2) is 18.3 Å². The van der Waals surface area contributed by atoms with Gasteiger partial charge in [0.15, 0.2) is 0 Å². The quantitative estimate of drug-likeness (QED) is 0.761. The van der Waals surface area contributed by atoms with Crippen molar-refractivity contribution in [2.24, 2.45) is 0 Å². The van der Waals surface area contributed by atoms with E-state index in [9.17, 15) is 9.59 Å². The number of hydrogen-bond donors (Lipinski definition) is 3. The van der Waals surface area contributed by atoms with Crippen LogP contribution in [0, 0.1) is 0 Å². The van der Waals surface area contributed by atoms with Crippen LogP contribution < -0.4 is 10.6 Å². The minimum Gasteiger partial charge on any atom is -0.478 e. The van der Waals surface area contributed by atoms with Crippen LogP contribution in [0.1, 0.15) is 41.7 Å². The van der Waals surface area contributed by atoms with Gasteiger partial charge in [0.1, 0.15) is 0 Å². The Hall–Kier alpha value is -1.95. The first kappa shape index (κ1) is 14.5. The molecule has 2 rings (SSSR count). The fourth-order valence-electron chi connectivity index (χ4n) is 2.26. The SMILES string of the molecule is O=C(O)c1ccnc(CNC(=O)C2CCCCCN2)c1. The molecular formula is C14H19N3O3. The van der Waals surface area contributed by atoms with Crippen molar-refractivity contribution >= 4 is 11.9 Å². The number of nitrogens with one attached hydrogen (secondary N) is 2. The molecule has 1 atom stereocenters. The molecule has 0 aliphatic carbocycles. The lowest BCUT2D eigenvalue weighted by atomic mass is 10.1. The Kier molecular flexibility index (Phi) is 5.06. The molecule has 6 nitrogen and oxygen atoms in total. The summed E-state index contributed by atoms with van der Waals surface area (Å²) in [5.74, 6) is -1.04. The van der Waals surface area contributed by atoms with E-state index in [-0.39, 0.29) is 24.1 Å². The summed E-state index contributed by atoms with van der Waals surface area (Å²) in [5, 5.41) is 14.9. The van der Waals surface area contributed by atoms with Crippen molar-refractivity contribution in [3.8, 4) is 0 Å². The van der Waals surface area contributed by atoms with Gasteiger partial charge >= 0.3 is 5.97 Å². The monoisotopic (exact) mass is 277 g/mol. The van der Waals surface area contributed by atoms with Gasteiger partial charge < -0.3 is 15.7 Å².